The van der Waals surface area contributed by atoms with E-state index in [1.54, 1.807) is 0 Å². The average Bonchev–Trinajstić information content (AvgIpc) is 3.50. The Bertz CT molecular complexity index is 1630. The molecular weight excluding hydrogens is 498 g/mol. The molecule has 6 nitrogen and oxygen atoms in total. The maximum Gasteiger partial charge on any atom is 0.254 e. The first-order valence-electron chi connectivity index (χ1n) is 13.7. The molecule has 1 saturated heterocycles. The van der Waals surface area contributed by atoms with Crippen LogP contribution in [0.3, 0.4) is 0 Å². The van der Waals surface area contributed by atoms with Crippen molar-refractivity contribution < 1.29 is 14.3 Å². The Hall–Kier alpha value is -4.68. The van der Waals surface area contributed by atoms with Gasteiger partial charge < -0.3 is 14.4 Å². The monoisotopic (exact) mass is 527 g/mol. The van der Waals surface area contributed by atoms with E-state index in [0.717, 1.165) is 41.0 Å². The van der Waals surface area contributed by atoms with E-state index in [2.05, 4.69) is 65.6 Å². The second kappa shape index (κ2) is 10.5. The van der Waals surface area contributed by atoms with Crippen LogP contribution in [0.4, 0.5) is 0 Å². The second-order valence-electron chi connectivity index (χ2n) is 10.2. The Balaban J connectivity index is 1.17. The molecule has 0 aliphatic carbocycles. The first-order chi connectivity index (χ1) is 19.7. The van der Waals surface area contributed by atoms with Crippen molar-refractivity contribution in [1.82, 2.24) is 14.8 Å². The van der Waals surface area contributed by atoms with Crippen LogP contribution in [0.2, 0.25) is 0 Å². The second-order valence-corrected chi connectivity index (χ2v) is 10.2. The van der Waals surface area contributed by atoms with E-state index in [-0.39, 0.29) is 18.7 Å². The molecule has 0 bridgehead atoms. The van der Waals surface area contributed by atoms with Crippen LogP contribution in [-0.4, -0.2) is 53.7 Å². The Labute approximate surface area is 233 Å². The molecule has 1 amide bonds. The van der Waals surface area contributed by atoms with Gasteiger partial charge >= 0.3 is 0 Å². The number of rotatable bonds is 5. The van der Waals surface area contributed by atoms with E-state index in [4.69, 9.17) is 14.5 Å². The van der Waals surface area contributed by atoms with E-state index in [1.165, 1.54) is 11.1 Å². The smallest absolute Gasteiger partial charge is 0.254 e. The van der Waals surface area contributed by atoms with Gasteiger partial charge in [-0.15, -0.1) is 0 Å². The van der Waals surface area contributed by atoms with Crippen LogP contribution in [0.15, 0.2) is 109 Å². The zero-order chi connectivity index (χ0) is 26.9. The van der Waals surface area contributed by atoms with Crippen molar-refractivity contribution in [2.45, 2.75) is 6.04 Å². The lowest BCUT2D eigenvalue weighted by molar-refractivity contribution is 0.0599. The number of amides is 1. The summed E-state index contributed by atoms with van der Waals surface area (Å²) in [4.78, 5) is 23.4. The van der Waals surface area contributed by atoms with Crippen molar-refractivity contribution in [2.75, 3.05) is 33.0 Å². The Kier molecular flexibility index (Phi) is 6.38. The van der Waals surface area contributed by atoms with Crippen LogP contribution in [0.25, 0.3) is 22.2 Å². The van der Waals surface area contributed by atoms with Gasteiger partial charge in [0.15, 0.2) is 11.5 Å². The van der Waals surface area contributed by atoms with Crippen LogP contribution in [0.1, 0.15) is 27.5 Å². The lowest BCUT2D eigenvalue weighted by Gasteiger charge is -2.40. The minimum absolute atomic E-state index is 0.0382. The third-order valence-electron chi connectivity index (χ3n) is 7.81. The van der Waals surface area contributed by atoms with Gasteiger partial charge in [0, 0.05) is 37.1 Å². The van der Waals surface area contributed by atoms with Gasteiger partial charge in [-0.1, -0.05) is 78.9 Å². The minimum atomic E-state index is 0.0382. The van der Waals surface area contributed by atoms with Gasteiger partial charge in [0.2, 0.25) is 6.79 Å². The Morgan fingerprint density at radius 3 is 2.08 bits per heavy atom. The summed E-state index contributed by atoms with van der Waals surface area (Å²) in [5.41, 5.74) is 5.64. The van der Waals surface area contributed by atoms with E-state index in [1.807, 2.05) is 53.4 Å². The standard InChI is InChI=1S/C34H29N3O3/c38-34(37-19-17-36(18-20-37)33(24-9-3-1-4-10-24)25-11-5-2-6-12-25)28-22-30(35-29-14-8-7-13-27(28)29)26-15-16-31-32(21-26)40-23-39-31/h1-16,21-22,33H,17-20,23H2. The van der Waals surface area contributed by atoms with Gasteiger partial charge in [-0.3, -0.25) is 9.69 Å². The lowest BCUT2D eigenvalue weighted by atomic mass is 9.96. The maximum atomic E-state index is 14.0. The average molecular weight is 528 g/mol. The highest BCUT2D eigenvalue weighted by atomic mass is 16.7. The molecule has 1 aromatic heterocycles. The summed E-state index contributed by atoms with van der Waals surface area (Å²) in [7, 11) is 0. The number of hydrogen-bond donors (Lipinski definition) is 0. The van der Waals surface area contributed by atoms with Gasteiger partial charge in [0.05, 0.1) is 22.8 Å². The maximum absolute atomic E-state index is 14.0. The molecule has 0 saturated carbocycles. The number of aromatic nitrogens is 1. The van der Waals surface area contributed by atoms with E-state index < -0.39 is 0 Å². The summed E-state index contributed by atoms with van der Waals surface area (Å²) in [6.07, 6.45) is 0. The molecule has 7 rings (SSSR count). The first kappa shape index (κ1) is 24.4. The molecule has 0 unspecified atom stereocenters. The molecule has 40 heavy (non-hydrogen) atoms. The van der Waals surface area contributed by atoms with Crippen LogP contribution < -0.4 is 9.47 Å². The quantitative estimate of drug-likeness (QED) is 0.273. The molecule has 0 spiro atoms. The topological polar surface area (TPSA) is 54.9 Å². The number of benzene rings is 4. The highest BCUT2D eigenvalue weighted by Crippen LogP contribution is 2.37. The fourth-order valence-electron chi connectivity index (χ4n) is 5.79. The number of pyridine rings is 1. The number of fused-ring (bicyclic) bond motifs is 2. The lowest BCUT2D eigenvalue weighted by Crippen LogP contribution is -2.49. The van der Waals surface area contributed by atoms with E-state index in [0.29, 0.717) is 24.4 Å². The van der Waals surface area contributed by atoms with Crippen LogP contribution in [-0.2, 0) is 0 Å². The van der Waals surface area contributed by atoms with E-state index in [9.17, 15) is 4.79 Å². The van der Waals surface area contributed by atoms with Gasteiger partial charge in [0.1, 0.15) is 0 Å². The Morgan fingerprint density at radius 2 is 1.35 bits per heavy atom. The molecular formula is C34H29N3O3. The third-order valence-corrected chi connectivity index (χ3v) is 7.81. The molecule has 0 radical (unpaired) electrons. The Morgan fingerprint density at radius 1 is 0.700 bits per heavy atom. The summed E-state index contributed by atoms with van der Waals surface area (Å²) in [6.45, 7) is 3.11. The SMILES string of the molecule is O=C(c1cc(-c2ccc3c(c2)OCO3)nc2ccccc12)N1CCN(C(c2ccccc2)c2ccccc2)CC1. The fraction of sp³-hybridized carbons (Fsp3) is 0.176. The van der Waals surface area contributed by atoms with Crippen molar-refractivity contribution >= 4 is 16.8 Å². The molecule has 1 fully saturated rings. The summed E-state index contributed by atoms with van der Waals surface area (Å²) in [5.74, 6) is 1.46. The highest BCUT2D eigenvalue weighted by Gasteiger charge is 2.29. The minimum Gasteiger partial charge on any atom is -0.454 e. The normalized spacial score (nSPS) is 15.1. The van der Waals surface area contributed by atoms with Crippen LogP contribution in [0.5, 0.6) is 11.5 Å². The molecule has 198 valence electrons. The number of nitrogens with zero attached hydrogens (tertiary/aromatic N) is 3. The number of para-hydroxylation sites is 1. The van der Waals surface area contributed by atoms with Crippen LogP contribution >= 0.6 is 0 Å². The van der Waals surface area contributed by atoms with E-state index >= 15 is 0 Å². The number of piperazine rings is 1. The van der Waals surface area contributed by atoms with Crippen molar-refractivity contribution in [3.63, 3.8) is 0 Å². The molecule has 2 aliphatic rings. The van der Waals surface area contributed by atoms with Gasteiger partial charge in [-0.05, 0) is 41.5 Å². The molecule has 2 aliphatic heterocycles. The zero-order valence-electron chi connectivity index (χ0n) is 22.1. The number of hydrogen-bond acceptors (Lipinski definition) is 5. The number of carbonyl (C=O) groups is 1. The molecule has 0 N–H and O–H groups in total. The molecule has 4 aromatic carbocycles. The zero-order valence-corrected chi connectivity index (χ0v) is 22.1. The highest BCUT2D eigenvalue weighted by molar-refractivity contribution is 6.07. The largest absolute Gasteiger partial charge is 0.454 e. The molecule has 3 heterocycles. The van der Waals surface area contributed by atoms with Crippen molar-refractivity contribution in [3.8, 4) is 22.8 Å². The van der Waals surface area contributed by atoms with Crippen molar-refractivity contribution in [3.05, 3.63) is 126 Å². The predicted molar refractivity (Wildman–Crippen MR) is 156 cm³/mol. The van der Waals surface area contributed by atoms with Gasteiger partial charge in [-0.2, -0.15) is 0 Å². The van der Waals surface area contributed by atoms with Crippen molar-refractivity contribution in [1.29, 1.82) is 0 Å². The summed E-state index contributed by atoms with van der Waals surface area (Å²) in [6, 6.07) is 37.0. The van der Waals surface area contributed by atoms with Gasteiger partial charge in [0.25, 0.3) is 5.91 Å². The fourth-order valence-corrected chi connectivity index (χ4v) is 5.79. The van der Waals surface area contributed by atoms with Crippen LogP contribution in [0, 0.1) is 0 Å². The summed E-state index contributed by atoms with van der Waals surface area (Å²) < 4.78 is 11.1. The summed E-state index contributed by atoms with van der Waals surface area (Å²) >= 11 is 0. The molecule has 6 heteroatoms. The molecule has 0 atom stereocenters. The number of ether oxygens (including phenoxy) is 2. The molecule has 5 aromatic rings. The van der Waals surface area contributed by atoms with Crippen molar-refractivity contribution in [2.24, 2.45) is 0 Å². The summed E-state index contributed by atoms with van der Waals surface area (Å²) in [5, 5.41) is 0.867. The first-order valence-corrected chi connectivity index (χ1v) is 13.7. The number of carbonyl (C=O) groups excluding carboxylic acids is 1. The predicted octanol–water partition coefficient (Wildman–Crippen LogP) is 6.18. The third kappa shape index (κ3) is 4.56. The van der Waals surface area contributed by atoms with Gasteiger partial charge in [-0.25, -0.2) is 4.98 Å².